The molecule has 0 bridgehead atoms. The predicted molar refractivity (Wildman–Crippen MR) is 111 cm³/mol. The van der Waals surface area contributed by atoms with Crippen molar-refractivity contribution in [2.75, 3.05) is 19.6 Å². The van der Waals surface area contributed by atoms with E-state index in [-0.39, 0.29) is 30.8 Å². The second-order valence-electron chi connectivity index (χ2n) is 8.05. The number of hydrogen-bond acceptors (Lipinski definition) is 6. The van der Waals surface area contributed by atoms with Crippen molar-refractivity contribution in [3.63, 3.8) is 0 Å². The van der Waals surface area contributed by atoms with Crippen molar-refractivity contribution in [1.82, 2.24) is 20.9 Å². The Morgan fingerprint density at radius 2 is 1.52 bits per heavy atom. The maximum atomic E-state index is 12.4. The molecule has 1 atom stereocenters. The number of carbonyl (C=O) groups excluding carboxylic acids is 5. The van der Waals surface area contributed by atoms with E-state index < -0.39 is 41.4 Å². The molecule has 2 rings (SSSR count). The van der Waals surface area contributed by atoms with E-state index in [4.69, 9.17) is 4.74 Å². The molecule has 1 unspecified atom stereocenters. The van der Waals surface area contributed by atoms with Gasteiger partial charge in [0.1, 0.15) is 11.6 Å². The van der Waals surface area contributed by atoms with Gasteiger partial charge in [0, 0.05) is 13.1 Å². The largest absolute Gasteiger partial charge is 0.444 e. The predicted octanol–water partition coefficient (Wildman–Crippen LogP) is 0.818. The van der Waals surface area contributed by atoms with Crippen molar-refractivity contribution in [1.29, 1.82) is 0 Å². The molecule has 1 aromatic carbocycles. The second kappa shape index (κ2) is 10.1. The zero-order valence-corrected chi connectivity index (χ0v) is 18.1. The van der Waals surface area contributed by atoms with Gasteiger partial charge in [-0.3, -0.25) is 24.1 Å². The number of ether oxygens (including phenoxy) is 1. The molecule has 3 N–H and O–H groups in total. The Hall–Kier alpha value is -3.43. The number of rotatable bonds is 8. The third-order valence-electron chi connectivity index (χ3n) is 4.36. The van der Waals surface area contributed by atoms with Gasteiger partial charge < -0.3 is 20.7 Å². The Labute approximate surface area is 180 Å². The van der Waals surface area contributed by atoms with Crippen LogP contribution in [0.2, 0.25) is 0 Å². The van der Waals surface area contributed by atoms with Gasteiger partial charge in [-0.05, 0) is 46.2 Å². The molecule has 168 valence electrons. The van der Waals surface area contributed by atoms with E-state index >= 15 is 0 Å². The summed E-state index contributed by atoms with van der Waals surface area (Å²) in [5, 5.41) is 7.60. The summed E-state index contributed by atoms with van der Waals surface area (Å²) < 4.78 is 5.03. The van der Waals surface area contributed by atoms with Gasteiger partial charge in [-0.15, -0.1) is 0 Å². The van der Waals surface area contributed by atoms with Gasteiger partial charge in [0.15, 0.2) is 0 Å². The Morgan fingerprint density at radius 3 is 2.06 bits per heavy atom. The van der Waals surface area contributed by atoms with Gasteiger partial charge in [0.05, 0.1) is 17.7 Å². The minimum Gasteiger partial charge on any atom is -0.444 e. The topological polar surface area (TPSA) is 134 Å². The standard InChI is InChI=1S/C21H28N4O6/c1-13(25-18(28)14-8-5-6-9-15(14)19(25)29)17(27)23-11-7-10-22-16(26)12-24-20(30)31-21(2,3)4/h5-6,8-9,13H,7,10-12H2,1-4H3,(H,22,26)(H,23,27)(H,24,30). The van der Waals surface area contributed by atoms with E-state index in [9.17, 15) is 24.0 Å². The molecule has 5 amide bonds. The van der Waals surface area contributed by atoms with Crippen molar-refractivity contribution < 1.29 is 28.7 Å². The summed E-state index contributed by atoms with van der Waals surface area (Å²) in [6, 6.07) is 5.48. The number of alkyl carbamates (subject to hydrolysis) is 1. The maximum Gasteiger partial charge on any atom is 0.408 e. The first-order valence-electron chi connectivity index (χ1n) is 9.99. The summed E-state index contributed by atoms with van der Waals surface area (Å²) in [6.07, 6.45) is -0.254. The van der Waals surface area contributed by atoms with Crippen molar-refractivity contribution in [2.24, 2.45) is 0 Å². The van der Waals surface area contributed by atoms with Crippen LogP contribution in [0.3, 0.4) is 0 Å². The molecule has 1 aliphatic rings. The molecule has 10 heteroatoms. The number of nitrogens with zero attached hydrogens (tertiary/aromatic N) is 1. The Bertz CT molecular complexity index is 842. The van der Waals surface area contributed by atoms with Crippen molar-refractivity contribution in [3.8, 4) is 0 Å². The first kappa shape index (κ1) is 23.8. The van der Waals surface area contributed by atoms with Crippen LogP contribution in [-0.4, -0.2) is 65.9 Å². The third-order valence-corrected chi connectivity index (χ3v) is 4.36. The highest BCUT2D eigenvalue weighted by atomic mass is 16.6. The van der Waals surface area contributed by atoms with E-state index in [0.717, 1.165) is 4.90 Å². The van der Waals surface area contributed by atoms with Crippen LogP contribution in [-0.2, 0) is 14.3 Å². The summed E-state index contributed by atoms with van der Waals surface area (Å²) in [6.45, 7) is 6.93. The molecular formula is C21H28N4O6. The van der Waals surface area contributed by atoms with E-state index in [0.29, 0.717) is 6.42 Å². The van der Waals surface area contributed by atoms with Crippen LogP contribution in [0.1, 0.15) is 54.8 Å². The average Bonchev–Trinajstić information content (AvgIpc) is 2.95. The fourth-order valence-electron chi connectivity index (χ4n) is 2.88. The lowest BCUT2D eigenvalue weighted by Crippen LogP contribution is -2.48. The molecule has 31 heavy (non-hydrogen) atoms. The van der Waals surface area contributed by atoms with E-state index in [1.54, 1.807) is 45.0 Å². The van der Waals surface area contributed by atoms with Crippen molar-refractivity contribution in [2.45, 2.75) is 45.8 Å². The molecule has 0 fully saturated rings. The first-order valence-corrected chi connectivity index (χ1v) is 9.99. The number of hydrogen-bond donors (Lipinski definition) is 3. The molecule has 0 saturated heterocycles. The van der Waals surface area contributed by atoms with Crippen LogP contribution in [0.4, 0.5) is 4.79 Å². The highest BCUT2D eigenvalue weighted by molar-refractivity contribution is 6.22. The quantitative estimate of drug-likeness (QED) is 0.411. The molecule has 1 heterocycles. The van der Waals surface area contributed by atoms with Crippen LogP contribution in [0.25, 0.3) is 0 Å². The minimum absolute atomic E-state index is 0.224. The molecule has 0 aliphatic carbocycles. The Kier molecular flexibility index (Phi) is 7.73. The van der Waals surface area contributed by atoms with Crippen molar-refractivity contribution in [3.05, 3.63) is 35.4 Å². The maximum absolute atomic E-state index is 12.4. The SMILES string of the molecule is CC(C(=O)NCCCNC(=O)CNC(=O)OC(C)(C)C)N1C(=O)c2ccccc2C1=O. The van der Waals surface area contributed by atoms with Gasteiger partial charge in [0.25, 0.3) is 11.8 Å². The highest BCUT2D eigenvalue weighted by Gasteiger charge is 2.40. The fourth-order valence-corrected chi connectivity index (χ4v) is 2.88. The van der Waals surface area contributed by atoms with Gasteiger partial charge in [-0.1, -0.05) is 12.1 Å². The molecule has 0 radical (unpaired) electrons. The summed E-state index contributed by atoms with van der Waals surface area (Å²) in [5.41, 5.74) is -0.0760. The average molecular weight is 432 g/mol. The molecule has 10 nitrogen and oxygen atoms in total. The minimum atomic E-state index is -0.958. The van der Waals surface area contributed by atoms with Crippen LogP contribution in [0.15, 0.2) is 24.3 Å². The van der Waals surface area contributed by atoms with E-state index in [2.05, 4.69) is 16.0 Å². The third kappa shape index (κ3) is 6.53. The monoisotopic (exact) mass is 432 g/mol. The molecule has 0 spiro atoms. The Balaban J connectivity index is 1.67. The summed E-state index contributed by atoms with van der Waals surface area (Å²) >= 11 is 0. The molecule has 0 aromatic heterocycles. The lowest BCUT2D eigenvalue weighted by atomic mass is 10.1. The second-order valence-corrected chi connectivity index (χ2v) is 8.05. The molecule has 1 aromatic rings. The van der Waals surface area contributed by atoms with Crippen molar-refractivity contribution >= 4 is 29.7 Å². The number of benzene rings is 1. The zero-order chi connectivity index (χ0) is 23.2. The lowest BCUT2D eigenvalue weighted by molar-refractivity contribution is -0.124. The van der Waals surface area contributed by atoms with Gasteiger partial charge in [0.2, 0.25) is 11.8 Å². The van der Waals surface area contributed by atoms with Crippen LogP contribution < -0.4 is 16.0 Å². The number of carbonyl (C=O) groups is 5. The Morgan fingerprint density at radius 1 is 0.968 bits per heavy atom. The number of fused-ring (bicyclic) bond motifs is 1. The van der Waals surface area contributed by atoms with Gasteiger partial charge in [-0.25, -0.2) is 4.79 Å². The smallest absolute Gasteiger partial charge is 0.408 e. The lowest BCUT2D eigenvalue weighted by Gasteiger charge is -2.21. The zero-order valence-electron chi connectivity index (χ0n) is 18.1. The summed E-state index contributed by atoms with van der Waals surface area (Å²) in [7, 11) is 0. The number of imide groups is 1. The number of nitrogens with one attached hydrogen (secondary N) is 3. The van der Waals surface area contributed by atoms with Crippen LogP contribution >= 0.6 is 0 Å². The molecule has 1 aliphatic heterocycles. The highest BCUT2D eigenvalue weighted by Crippen LogP contribution is 2.24. The summed E-state index contributed by atoms with van der Waals surface area (Å²) in [5.74, 6) is -1.84. The van der Waals surface area contributed by atoms with Crippen LogP contribution in [0.5, 0.6) is 0 Å². The van der Waals surface area contributed by atoms with Gasteiger partial charge in [-0.2, -0.15) is 0 Å². The van der Waals surface area contributed by atoms with Crippen LogP contribution in [0, 0.1) is 0 Å². The normalized spacial score (nSPS) is 14.0. The molecule has 0 saturated carbocycles. The number of amides is 5. The molecular weight excluding hydrogens is 404 g/mol. The van der Waals surface area contributed by atoms with Gasteiger partial charge >= 0.3 is 6.09 Å². The first-order chi connectivity index (χ1) is 14.5. The van der Waals surface area contributed by atoms with E-state index in [1.807, 2.05) is 0 Å². The summed E-state index contributed by atoms with van der Waals surface area (Å²) in [4.78, 5) is 61.4. The van der Waals surface area contributed by atoms with E-state index in [1.165, 1.54) is 6.92 Å². The fraction of sp³-hybridized carbons (Fsp3) is 0.476.